The second kappa shape index (κ2) is 5.85. The maximum atomic E-state index is 12.6. The number of nitrogens with one attached hydrogen (secondary N) is 1. The first-order chi connectivity index (χ1) is 8.75. The van der Waals surface area contributed by atoms with Crippen LogP contribution in [0.1, 0.15) is 5.56 Å². The summed E-state index contributed by atoms with van der Waals surface area (Å²) in [5.74, 6) is 0. The fourth-order valence-corrected chi connectivity index (χ4v) is 1.33. The van der Waals surface area contributed by atoms with Gasteiger partial charge in [0.2, 0.25) is 0 Å². The summed E-state index contributed by atoms with van der Waals surface area (Å²) in [4.78, 5) is 9.39. The fourth-order valence-electron chi connectivity index (χ4n) is 1.33. The van der Waals surface area contributed by atoms with Gasteiger partial charge in [-0.15, -0.1) is 0 Å². The molecule has 0 bridgehead atoms. The van der Waals surface area contributed by atoms with Gasteiger partial charge in [-0.2, -0.15) is 13.2 Å². The van der Waals surface area contributed by atoms with Gasteiger partial charge in [0.05, 0.1) is 17.6 Å². The van der Waals surface area contributed by atoms with E-state index < -0.39 is 35.1 Å². The number of aliphatic hydroxyl groups is 2. The molecule has 0 aliphatic rings. The molecule has 0 fully saturated rings. The van der Waals surface area contributed by atoms with E-state index in [0.29, 0.717) is 6.07 Å². The van der Waals surface area contributed by atoms with Gasteiger partial charge < -0.3 is 15.5 Å². The van der Waals surface area contributed by atoms with Gasteiger partial charge in [0.1, 0.15) is 5.56 Å². The predicted octanol–water partition coefficient (Wildman–Crippen LogP) is 1.38. The topological polar surface area (TPSA) is 95.6 Å². The molecule has 3 N–H and O–H groups in total. The molecule has 0 radical (unpaired) electrons. The lowest BCUT2D eigenvalue weighted by atomic mass is 10.1. The summed E-state index contributed by atoms with van der Waals surface area (Å²) >= 11 is 0. The van der Waals surface area contributed by atoms with E-state index >= 15 is 0 Å². The molecule has 1 aromatic rings. The van der Waals surface area contributed by atoms with Crippen molar-refractivity contribution >= 4 is 11.4 Å². The van der Waals surface area contributed by atoms with Crippen LogP contribution in [0.4, 0.5) is 24.5 Å². The highest BCUT2D eigenvalue weighted by molar-refractivity contribution is 5.55. The van der Waals surface area contributed by atoms with Crippen LogP contribution in [0.5, 0.6) is 0 Å². The van der Waals surface area contributed by atoms with Gasteiger partial charge in [0.15, 0.2) is 0 Å². The Hall–Kier alpha value is -1.87. The quantitative estimate of drug-likeness (QED) is 0.559. The molecule has 0 unspecified atom stereocenters. The SMILES string of the molecule is O=[N+]([O-])c1ccc(NC[C@@H](O)CO)cc1C(F)(F)F. The lowest BCUT2D eigenvalue weighted by Gasteiger charge is -2.13. The van der Waals surface area contributed by atoms with E-state index in [4.69, 9.17) is 10.2 Å². The molecule has 19 heavy (non-hydrogen) atoms. The Morgan fingerprint density at radius 1 is 1.42 bits per heavy atom. The molecule has 0 amide bonds. The average Bonchev–Trinajstić information content (AvgIpc) is 2.34. The van der Waals surface area contributed by atoms with Gasteiger partial charge in [-0.05, 0) is 12.1 Å². The summed E-state index contributed by atoms with van der Waals surface area (Å²) in [5.41, 5.74) is -2.45. The smallest absolute Gasteiger partial charge is 0.394 e. The molecule has 0 saturated carbocycles. The third kappa shape index (κ3) is 4.07. The number of halogens is 3. The van der Waals surface area contributed by atoms with Crippen LogP contribution in [0.3, 0.4) is 0 Å². The molecule has 9 heteroatoms. The lowest BCUT2D eigenvalue weighted by Crippen LogP contribution is -2.23. The third-order valence-corrected chi connectivity index (χ3v) is 2.25. The number of hydrogen-bond donors (Lipinski definition) is 3. The van der Waals surface area contributed by atoms with E-state index in [1.54, 1.807) is 0 Å². The zero-order chi connectivity index (χ0) is 14.6. The van der Waals surface area contributed by atoms with Crippen molar-refractivity contribution in [2.24, 2.45) is 0 Å². The molecule has 0 heterocycles. The summed E-state index contributed by atoms with van der Waals surface area (Å²) in [7, 11) is 0. The summed E-state index contributed by atoms with van der Waals surface area (Å²) in [6.45, 7) is -0.724. The molecule has 1 aromatic carbocycles. The molecular formula is C10H11F3N2O4. The van der Waals surface area contributed by atoms with E-state index in [-0.39, 0.29) is 12.2 Å². The van der Waals surface area contributed by atoms with Gasteiger partial charge >= 0.3 is 6.18 Å². The van der Waals surface area contributed by atoms with Crippen LogP contribution in [0, 0.1) is 10.1 Å². The first-order valence-corrected chi connectivity index (χ1v) is 5.14. The maximum Gasteiger partial charge on any atom is 0.423 e. The minimum Gasteiger partial charge on any atom is -0.394 e. The van der Waals surface area contributed by atoms with Crippen molar-refractivity contribution in [3.8, 4) is 0 Å². The standard InChI is InChI=1S/C10H11F3N2O4/c11-10(12,13)8-3-6(14-4-7(17)5-16)1-2-9(8)15(18)19/h1-3,7,14,16-17H,4-5H2/t7-/m1/s1. The highest BCUT2D eigenvalue weighted by Gasteiger charge is 2.38. The third-order valence-electron chi connectivity index (χ3n) is 2.25. The number of benzene rings is 1. The van der Waals surface area contributed by atoms with E-state index in [1.807, 2.05) is 0 Å². The van der Waals surface area contributed by atoms with Crippen molar-refractivity contribution < 1.29 is 28.3 Å². The van der Waals surface area contributed by atoms with Gasteiger partial charge in [0.25, 0.3) is 5.69 Å². The Bertz CT molecular complexity index is 465. The van der Waals surface area contributed by atoms with Crippen molar-refractivity contribution in [3.05, 3.63) is 33.9 Å². The van der Waals surface area contributed by atoms with Crippen molar-refractivity contribution in [2.45, 2.75) is 12.3 Å². The van der Waals surface area contributed by atoms with E-state index in [1.165, 1.54) is 0 Å². The zero-order valence-corrected chi connectivity index (χ0v) is 9.52. The summed E-state index contributed by atoms with van der Waals surface area (Å²) in [6.07, 6.45) is -5.99. The molecule has 0 aromatic heterocycles. The second-order valence-electron chi connectivity index (χ2n) is 3.70. The Morgan fingerprint density at radius 3 is 2.53 bits per heavy atom. The lowest BCUT2D eigenvalue weighted by molar-refractivity contribution is -0.388. The van der Waals surface area contributed by atoms with Crippen molar-refractivity contribution in [2.75, 3.05) is 18.5 Å². The number of anilines is 1. The summed E-state index contributed by atoms with van der Waals surface area (Å²) in [6, 6.07) is 2.41. The number of nitrogens with zero attached hydrogens (tertiary/aromatic N) is 1. The first kappa shape index (κ1) is 15.2. The molecule has 0 spiro atoms. The minimum atomic E-state index is -4.85. The van der Waals surface area contributed by atoms with Gasteiger partial charge in [0, 0.05) is 18.3 Å². The van der Waals surface area contributed by atoms with Crippen molar-refractivity contribution in [1.82, 2.24) is 0 Å². The largest absolute Gasteiger partial charge is 0.423 e. The Labute approximate surface area is 105 Å². The number of alkyl halides is 3. The highest BCUT2D eigenvalue weighted by Crippen LogP contribution is 2.37. The summed E-state index contributed by atoms with van der Waals surface area (Å²) in [5, 5.41) is 30.5. The average molecular weight is 280 g/mol. The van der Waals surface area contributed by atoms with Crippen LogP contribution >= 0.6 is 0 Å². The molecule has 0 aliphatic heterocycles. The molecule has 1 atom stereocenters. The molecule has 106 valence electrons. The first-order valence-electron chi connectivity index (χ1n) is 5.14. The predicted molar refractivity (Wildman–Crippen MR) is 59.7 cm³/mol. The number of rotatable bonds is 5. The molecular weight excluding hydrogens is 269 g/mol. The number of hydrogen-bond acceptors (Lipinski definition) is 5. The van der Waals surface area contributed by atoms with Crippen molar-refractivity contribution in [3.63, 3.8) is 0 Å². The second-order valence-corrected chi connectivity index (χ2v) is 3.70. The normalized spacial score (nSPS) is 13.1. The molecule has 1 rings (SSSR count). The van der Waals surface area contributed by atoms with Gasteiger partial charge in [-0.1, -0.05) is 0 Å². The van der Waals surface area contributed by atoms with E-state index in [9.17, 15) is 23.3 Å². The minimum absolute atomic E-state index is 0.0366. The zero-order valence-electron chi connectivity index (χ0n) is 9.52. The van der Waals surface area contributed by atoms with Crippen LogP contribution < -0.4 is 5.32 Å². The van der Waals surface area contributed by atoms with Crippen LogP contribution in [-0.2, 0) is 6.18 Å². The van der Waals surface area contributed by atoms with Crippen LogP contribution in [0.25, 0.3) is 0 Å². The van der Waals surface area contributed by atoms with Crippen molar-refractivity contribution in [1.29, 1.82) is 0 Å². The van der Waals surface area contributed by atoms with Crippen LogP contribution in [0.15, 0.2) is 18.2 Å². The summed E-state index contributed by atoms with van der Waals surface area (Å²) < 4.78 is 37.9. The van der Waals surface area contributed by atoms with E-state index in [0.717, 1.165) is 12.1 Å². The Balaban J connectivity index is 3.02. The fraction of sp³-hybridized carbons (Fsp3) is 0.400. The monoisotopic (exact) mass is 280 g/mol. The molecule has 6 nitrogen and oxygen atoms in total. The maximum absolute atomic E-state index is 12.6. The van der Waals surface area contributed by atoms with E-state index in [2.05, 4.69) is 5.32 Å². The number of nitro benzene ring substituents is 1. The molecule has 0 aliphatic carbocycles. The van der Waals surface area contributed by atoms with Gasteiger partial charge in [-0.3, -0.25) is 10.1 Å². The van der Waals surface area contributed by atoms with Gasteiger partial charge in [-0.25, -0.2) is 0 Å². The number of nitro groups is 1. The highest BCUT2D eigenvalue weighted by atomic mass is 19.4. The number of aliphatic hydroxyl groups excluding tert-OH is 2. The Morgan fingerprint density at radius 2 is 2.05 bits per heavy atom. The Kier molecular flexibility index (Phi) is 4.67. The van der Waals surface area contributed by atoms with Crippen LogP contribution in [0.2, 0.25) is 0 Å². The molecule has 0 saturated heterocycles. The van der Waals surface area contributed by atoms with Crippen LogP contribution in [-0.4, -0.2) is 34.4 Å².